The fraction of sp³-hybridized carbons (Fsp3) is 0.231. The second-order valence-corrected chi connectivity index (χ2v) is 8.94. The Morgan fingerprint density at radius 1 is 1.03 bits per heavy atom. The maximum Gasteiger partial charge on any atom is 0.331 e. The number of fused-ring (bicyclic) bond motifs is 2. The maximum atomic E-state index is 13.2. The molecule has 1 fully saturated rings. The Labute approximate surface area is 190 Å². The summed E-state index contributed by atoms with van der Waals surface area (Å²) in [6.07, 6.45) is 6.99. The second-order valence-electron chi connectivity index (χ2n) is 8.94. The van der Waals surface area contributed by atoms with Crippen LogP contribution in [0.1, 0.15) is 31.0 Å². The average Bonchev–Trinajstić information content (AvgIpc) is 3.57. The number of H-pyrrole nitrogens is 1. The highest BCUT2D eigenvalue weighted by molar-refractivity contribution is 5.98. The molecule has 1 aliphatic rings. The zero-order valence-electron chi connectivity index (χ0n) is 18.3. The van der Waals surface area contributed by atoms with Gasteiger partial charge in [-0.1, -0.05) is 36.4 Å². The molecule has 2 atom stereocenters. The Morgan fingerprint density at radius 2 is 1.76 bits per heavy atom. The van der Waals surface area contributed by atoms with Crippen LogP contribution in [0.2, 0.25) is 0 Å². The van der Waals surface area contributed by atoms with Crippen molar-refractivity contribution in [2.75, 3.05) is 0 Å². The van der Waals surface area contributed by atoms with E-state index in [4.69, 9.17) is 5.73 Å². The molecule has 0 aliphatic heterocycles. The summed E-state index contributed by atoms with van der Waals surface area (Å²) < 4.78 is 5.93. The molecule has 164 valence electrons. The van der Waals surface area contributed by atoms with Gasteiger partial charge in [0, 0.05) is 58.9 Å². The highest BCUT2D eigenvalue weighted by atomic mass is 16.1. The van der Waals surface area contributed by atoms with E-state index >= 15 is 0 Å². The van der Waals surface area contributed by atoms with Crippen LogP contribution in [0.3, 0.4) is 0 Å². The standard InChI is InChI=1S/C26H24N6O/c1-30-15-24(19-7-3-4-8-22(19)30)32-25(21(13-27)29-26(32)33)20-14-31(17-11-10-16(28)12-17)23-9-5-2-6-18(20)23/h2-9,14-17H,10-12,28H2,1H3,(H,29,33)/t16-,17-/m0/s1. The Hall–Kier alpha value is -4.02. The van der Waals surface area contributed by atoms with Gasteiger partial charge in [-0.2, -0.15) is 5.26 Å². The number of nitriles is 1. The van der Waals surface area contributed by atoms with Crippen LogP contribution in [0.4, 0.5) is 0 Å². The number of imidazole rings is 1. The van der Waals surface area contributed by atoms with Gasteiger partial charge in [0.2, 0.25) is 0 Å². The molecule has 3 N–H and O–H groups in total. The minimum atomic E-state index is -0.322. The first kappa shape index (κ1) is 19.6. The van der Waals surface area contributed by atoms with Gasteiger partial charge in [0.05, 0.1) is 11.4 Å². The molecular formula is C26H24N6O. The van der Waals surface area contributed by atoms with Crippen LogP contribution in [0.15, 0.2) is 65.7 Å². The van der Waals surface area contributed by atoms with E-state index in [0.717, 1.165) is 52.3 Å². The molecular weight excluding hydrogens is 412 g/mol. The van der Waals surface area contributed by atoms with Crippen LogP contribution >= 0.6 is 0 Å². The molecule has 0 bridgehead atoms. The van der Waals surface area contributed by atoms with Gasteiger partial charge >= 0.3 is 5.69 Å². The van der Waals surface area contributed by atoms with Crippen molar-refractivity contribution in [2.24, 2.45) is 12.8 Å². The second kappa shape index (κ2) is 7.26. The predicted octanol–water partition coefficient (Wildman–Crippen LogP) is 4.20. The van der Waals surface area contributed by atoms with E-state index in [-0.39, 0.29) is 17.4 Å². The number of nitrogens with one attached hydrogen (secondary N) is 1. The molecule has 1 saturated carbocycles. The first-order chi connectivity index (χ1) is 16.1. The number of aryl methyl sites for hydroxylation is 1. The predicted molar refractivity (Wildman–Crippen MR) is 129 cm³/mol. The first-order valence-corrected chi connectivity index (χ1v) is 11.2. The number of rotatable bonds is 3. The molecule has 1 aliphatic carbocycles. The van der Waals surface area contributed by atoms with E-state index in [9.17, 15) is 10.1 Å². The van der Waals surface area contributed by atoms with Gasteiger partial charge in [-0.05, 0) is 31.4 Å². The summed E-state index contributed by atoms with van der Waals surface area (Å²) in [5, 5.41) is 11.9. The molecule has 3 aromatic heterocycles. The molecule has 3 heterocycles. The fourth-order valence-corrected chi connectivity index (χ4v) is 5.44. The summed E-state index contributed by atoms with van der Waals surface area (Å²) in [4.78, 5) is 16.0. The van der Waals surface area contributed by atoms with Crippen molar-refractivity contribution >= 4 is 21.8 Å². The summed E-state index contributed by atoms with van der Waals surface area (Å²) in [7, 11) is 1.96. The lowest BCUT2D eigenvalue weighted by atomic mass is 10.1. The summed E-state index contributed by atoms with van der Waals surface area (Å²) >= 11 is 0. The highest BCUT2D eigenvalue weighted by Gasteiger charge is 2.28. The van der Waals surface area contributed by atoms with E-state index in [1.54, 1.807) is 4.57 Å². The molecule has 0 amide bonds. The Morgan fingerprint density at radius 3 is 2.48 bits per heavy atom. The zero-order chi connectivity index (χ0) is 22.7. The first-order valence-electron chi connectivity index (χ1n) is 11.2. The summed E-state index contributed by atoms with van der Waals surface area (Å²) in [6, 6.07) is 18.9. The third-order valence-electron chi connectivity index (χ3n) is 6.96. The number of hydrogen-bond acceptors (Lipinski definition) is 3. The van der Waals surface area contributed by atoms with Gasteiger partial charge in [0.25, 0.3) is 0 Å². The number of para-hydroxylation sites is 2. The number of benzene rings is 2. The molecule has 0 unspecified atom stereocenters. The van der Waals surface area contributed by atoms with E-state index in [0.29, 0.717) is 11.7 Å². The molecule has 2 aromatic carbocycles. The molecule has 0 spiro atoms. The summed E-state index contributed by atoms with van der Waals surface area (Å²) in [5.41, 5.74) is 10.5. The Kier molecular flexibility index (Phi) is 4.32. The lowest BCUT2D eigenvalue weighted by molar-refractivity contribution is 0.526. The minimum absolute atomic E-state index is 0.204. The van der Waals surface area contributed by atoms with Gasteiger partial charge in [-0.15, -0.1) is 0 Å². The highest BCUT2D eigenvalue weighted by Crippen LogP contribution is 2.39. The number of nitrogens with zero attached hydrogens (tertiary/aromatic N) is 4. The van der Waals surface area contributed by atoms with E-state index in [2.05, 4.69) is 33.9 Å². The lowest BCUT2D eigenvalue weighted by Gasteiger charge is -2.13. The summed E-state index contributed by atoms with van der Waals surface area (Å²) in [6.45, 7) is 0. The minimum Gasteiger partial charge on any atom is -0.348 e. The molecule has 6 rings (SSSR count). The van der Waals surface area contributed by atoms with Crippen molar-refractivity contribution < 1.29 is 0 Å². The van der Waals surface area contributed by atoms with Crippen LogP contribution in [-0.4, -0.2) is 24.7 Å². The van der Waals surface area contributed by atoms with Crippen molar-refractivity contribution in [2.45, 2.75) is 31.3 Å². The van der Waals surface area contributed by atoms with Crippen LogP contribution in [0.5, 0.6) is 0 Å². The molecule has 0 radical (unpaired) electrons. The molecule has 0 saturated heterocycles. The van der Waals surface area contributed by atoms with Gasteiger partial charge in [0.15, 0.2) is 0 Å². The molecule has 33 heavy (non-hydrogen) atoms. The monoisotopic (exact) mass is 436 g/mol. The number of aromatic amines is 1. The van der Waals surface area contributed by atoms with Crippen molar-refractivity contribution in [3.8, 4) is 23.0 Å². The van der Waals surface area contributed by atoms with E-state index < -0.39 is 0 Å². The SMILES string of the molecule is Cn1cc(-n2c(-c3cn([C@H]4CC[C@H](N)C4)c4ccccc34)c(C#N)[nH]c2=O)c2ccccc21. The third-order valence-corrected chi connectivity index (χ3v) is 6.96. The Balaban J connectivity index is 1.66. The summed E-state index contributed by atoms with van der Waals surface area (Å²) in [5.74, 6) is 0. The molecule has 7 heteroatoms. The maximum absolute atomic E-state index is 13.2. The number of nitrogens with two attached hydrogens (primary N) is 1. The average molecular weight is 437 g/mol. The van der Waals surface area contributed by atoms with Gasteiger partial charge in [-0.25, -0.2) is 4.79 Å². The van der Waals surface area contributed by atoms with Crippen molar-refractivity contribution in [3.05, 3.63) is 77.1 Å². The van der Waals surface area contributed by atoms with Crippen molar-refractivity contribution in [3.63, 3.8) is 0 Å². The van der Waals surface area contributed by atoms with E-state index in [1.807, 2.05) is 54.2 Å². The van der Waals surface area contributed by atoms with E-state index in [1.165, 1.54) is 0 Å². The van der Waals surface area contributed by atoms with Crippen LogP contribution in [0.25, 0.3) is 38.8 Å². The van der Waals surface area contributed by atoms with Crippen LogP contribution in [0, 0.1) is 11.3 Å². The third kappa shape index (κ3) is 2.88. The van der Waals surface area contributed by atoms with Gasteiger partial charge < -0.3 is 14.9 Å². The topological polar surface area (TPSA) is 97.5 Å². The van der Waals surface area contributed by atoms with Gasteiger partial charge in [0.1, 0.15) is 11.8 Å². The van der Waals surface area contributed by atoms with Crippen LogP contribution < -0.4 is 11.4 Å². The molecule has 7 nitrogen and oxygen atoms in total. The zero-order valence-corrected chi connectivity index (χ0v) is 18.3. The largest absolute Gasteiger partial charge is 0.348 e. The van der Waals surface area contributed by atoms with Crippen molar-refractivity contribution in [1.82, 2.24) is 18.7 Å². The lowest BCUT2D eigenvalue weighted by Crippen LogP contribution is -2.16. The Bertz CT molecular complexity index is 1620. The number of hydrogen-bond donors (Lipinski definition) is 2. The van der Waals surface area contributed by atoms with Crippen LogP contribution in [-0.2, 0) is 7.05 Å². The van der Waals surface area contributed by atoms with Crippen molar-refractivity contribution in [1.29, 1.82) is 5.26 Å². The smallest absolute Gasteiger partial charge is 0.331 e. The normalized spacial score (nSPS) is 18.3. The quantitative estimate of drug-likeness (QED) is 0.443. The molecule has 5 aromatic rings. The number of aromatic nitrogens is 4. The fourth-order valence-electron chi connectivity index (χ4n) is 5.44. The van der Waals surface area contributed by atoms with Gasteiger partial charge in [-0.3, -0.25) is 9.55 Å².